The van der Waals surface area contributed by atoms with Crippen LogP contribution in [0.25, 0.3) is 11.0 Å². The predicted molar refractivity (Wildman–Crippen MR) is 158 cm³/mol. The van der Waals surface area contributed by atoms with Gasteiger partial charge in [-0.25, -0.2) is 24.1 Å². The number of carbonyl (C=O) groups is 1. The van der Waals surface area contributed by atoms with Gasteiger partial charge in [-0.1, -0.05) is 76.6 Å². The lowest BCUT2D eigenvalue weighted by atomic mass is 10.1. The monoisotopic (exact) mass is 588 g/mol. The maximum absolute atomic E-state index is 13.3. The average molecular weight is 589 g/mol. The van der Waals surface area contributed by atoms with Crippen LogP contribution in [0.15, 0.2) is 48.9 Å². The smallest absolute Gasteiger partial charge is 0.413 e. The number of rotatable bonds is 9. The molecule has 4 rings (SSSR count). The second kappa shape index (κ2) is 11.4. The van der Waals surface area contributed by atoms with Crippen molar-refractivity contribution in [2.45, 2.75) is 70.8 Å². The Bertz CT molecular complexity index is 1450. The molecule has 3 heterocycles. The van der Waals surface area contributed by atoms with E-state index in [2.05, 4.69) is 50.8 Å². The van der Waals surface area contributed by atoms with Gasteiger partial charge in [0, 0.05) is 29.5 Å². The zero-order valence-corrected chi connectivity index (χ0v) is 25.5. The Morgan fingerprint density at radius 3 is 2.26 bits per heavy atom. The number of hydrogen-bond acceptors (Lipinski definition) is 5. The number of aliphatic hydroxyl groups excluding tert-OH is 1. The van der Waals surface area contributed by atoms with Gasteiger partial charge in [0.05, 0.1) is 16.4 Å². The largest absolute Gasteiger partial charge is 0.465 e. The van der Waals surface area contributed by atoms with E-state index in [0.717, 1.165) is 27.3 Å². The number of pyridine rings is 1. The fourth-order valence-corrected chi connectivity index (χ4v) is 13.8. The summed E-state index contributed by atoms with van der Waals surface area (Å²) in [5, 5.41) is 22.9. The number of amides is 1. The molecule has 0 aliphatic carbocycles. The van der Waals surface area contributed by atoms with Crippen LogP contribution in [0.2, 0.25) is 21.6 Å². The molecule has 0 saturated heterocycles. The number of hydrogen-bond donors (Lipinski definition) is 2. The summed E-state index contributed by atoms with van der Waals surface area (Å²) in [6, 6.07) is 7.48. The number of nitrogens with zero attached hydrogens (tertiary/aromatic N) is 4. The van der Waals surface area contributed by atoms with Gasteiger partial charge >= 0.3 is 6.09 Å². The van der Waals surface area contributed by atoms with Gasteiger partial charge in [0.25, 0.3) is 0 Å². The number of benzene rings is 1. The molecule has 3 aromatic heterocycles. The highest BCUT2D eigenvalue weighted by Gasteiger charge is 2.46. The molecule has 1 amide bonds. The first kappa shape index (κ1) is 29.2. The number of thiazole rings is 1. The molecule has 4 aromatic rings. The number of carboxylic acid groups (broad SMARTS) is 1. The van der Waals surface area contributed by atoms with E-state index in [-0.39, 0.29) is 11.7 Å². The molecule has 0 bridgehead atoms. The van der Waals surface area contributed by atoms with Crippen molar-refractivity contribution >= 4 is 53.4 Å². The quantitative estimate of drug-likeness (QED) is 0.193. The van der Waals surface area contributed by atoms with Gasteiger partial charge in [-0.3, -0.25) is 0 Å². The molecule has 0 aliphatic heterocycles. The summed E-state index contributed by atoms with van der Waals surface area (Å²) in [5.74, 6) is -0.395. The van der Waals surface area contributed by atoms with E-state index >= 15 is 0 Å². The molecule has 0 fully saturated rings. The first-order chi connectivity index (χ1) is 18.4. The van der Waals surface area contributed by atoms with Crippen LogP contribution in [-0.4, -0.2) is 38.7 Å². The van der Waals surface area contributed by atoms with Gasteiger partial charge in [0.15, 0.2) is 13.4 Å². The van der Waals surface area contributed by atoms with Gasteiger partial charge in [-0.05, 0) is 40.4 Å². The molecule has 7 nitrogen and oxygen atoms in total. The Morgan fingerprint density at radius 1 is 1.08 bits per heavy atom. The summed E-state index contributed by atoms with van der Waals surface area (Å²) >= 11 is 7.47. The topological polar surface area (TPSA) is 91.5 Å². The molecule has 1 atom stereocenters. The molecule has 11 heteroatoms. The Kier molecular flexibility index (Phi) is 8.51. The Morgan fingerprint density at radius 2 is 1.69 bits per heavy atom. The van der Waals surface area contributed by atoms with Crippen molar-refractivity contribution in [1.29, 1.82) is 0 Å². The van der Waals surface area contributed by atoms with Crippen LogP contribution in [0.1, 0.15) is 63.7 Å². The van der Waals surface area contributed by atoms with Crippen molar-refractivity contribution in [2.24, 2.45) is 0 Å². The molecule has 0 radical (unpaired) electrons. The summed E-state index contributed by atoms with van der Waals surface area (Å²) in [5.41, 5.74) is 3.29. The van der Waals surface area contributed by atoms with Crippen molar-refractivity contribution in [3.63, 3.8) is 0 Å². The maximum Gasteiger partial charge on any atom is 0.413 e. The van der Waals surface area contributed by atoms with Crippen LogP contribution in [-0.2, 0) is 6.54 Å². The SMILES string of the molecule is CC(C)[Si](C(C)C)(C(C)C)n1cc(C(O)c2cnc(N(Cc3ccc(F)cc3)C(=O)O)s2)c2cc(Cl)cnc21. The lowest BCUT2D eigenvalue weighted by Crippen LogP contribution is -2.51. The Labute approximate surface area is 238 Å². The van der Waals surface area contributed by atoms with Crippen molar-refractivity contribution in [3.8, 4) is 0 Å². The third-order valence-electron chi connectivity index (χ3n) is 7.62. The van der Waals surface area contributed by atoms with E-state index < -0.39 is 26.2 Å². The number of anilines is 1. The number of aliphatic hydroxyl groups is 1. The van der Waals surface area contributed by atoms with Crippen LogP contribution in [0.4, 0.5) is 14.3 Å². The van der Waals surface area contributed by atoms with Crippen LogP contribution < -0.4 is 4.90 Å². The molecule has 0 spiro atoms. The number of aromatic nitrogens is 3. The van der Waals surface area contributed by atoms with Crippen LogP contribution >= 0.6 is 22.9 Å². The standard InChI is InChI=1S/C28H34ClFN4O3SSi/c1-16(2)39(17(3)4,18(5)6)34-15-23(22-11-20(29)12-31-26(22)34)25(35)24-13-32-27(38-24)33(28(36)37)14-19-7-9-21(30)10-8-19/h7-13,15-18,25,35H,14H2,1-6H3,(H,36,37). The first-order valence-corrected chi connectivity index (χ1v) is 16.3. The van der Waals surface area contributed by atoms with Gasteiger partial charge < -0.3 is 14.4 Å². The van der Waals surface area contributed by atoms with E-state index in [1.165, 1.54) is 30.5 Å². The van der Waals surface area contributed by atoms with E-state index in [9.17, 15) is 19.4 Å². The molecule has 1 aromatic carbocycles. The molecule has 0 saturated carbocycles. The van der Waals surface area contributed by atoms with Gasteiger partial charge in [0.1, 0.15) is 17.6 Å². The van der Waals surface area contributed by atoms with Gasteiger partial charge in [-0.2, -0.15) is 0 Å². The second-order valence-electron chi connectivity index (χ2n) is 10.8. The third kappa shape index (κ3) is 5.35. The van der Waals surface area contributed by atoms with Crippen LogP contribution in [0.3, 0.4) is 0 Å². The zero-order chi connectivity index (χ0) is 28.6. The van der Waals surface area contributed by atoms with Gasteiger partial charge in [-0.15, -0.1) is 0 Å². The second-order valence-corrected chi connectivity index (χ2v) is 18.0. The molecule has 1 unspecified atom stereocenters. The molecule has 208 valence electrons. The molecule has 0 aliphatic rings. The molecule has 39 heavy (non-hydrogen) atoms. The zero-order valence-electron chi connectivity index (χ0n) is 22.9. The fraction of sp³-hybridized carbons (Fsp3) is 0.393. The lowest BCUT2D eigenvalue weighted by Gasteiger charge is -2.44. The predicted octanol–water partition coefficient (Wildman–Crippen LogP) is 8.08. The van der Waals surface area contributed by atoms with E-state index in [4.69, 9.17) is 16.6 Å². The lowest BCUT2D eigenvalue weighted by molar-refractivity contribution is 0.201. The third-order valence-corrected chi connectivity index (χ3v) is 15.6. The summed E-state index contributed by atoms with van der Waals surface area (Å²) in [6.07, 6.45) is 2.92. The minimum atomic E-state index is -2.21. The normalized spacial score (nSPS) is 13.1. The highest BCUT2D eigenvalue weighted by Crippen LogP contribution is 2.46. The summed E-state index contributed by atoms with van der Waals surface area (Å²) in [7, 11) is -2.21. The van der Waals surface area contributed by atoms with Crippen LogP contribution in [0, 0.1) is 5.82 Å². The highest BCUT2D eigenvalue weighted by molar-refractivity contribution is 7.15. The average Bonchev–Trinajstić information content (AvgIpc) is 3.48. The highest BCUT2D eigenvalue weighted by atomic mass is 35.5. The summed E-state index contributed by atoms with van der Waals surface area (Å²) in [6.45, 7) is 13.6. The van der Waals surface area contributed by atoms with E-state index in [1.807, 2.05) is 12.3 Å². The van der Waals surface area contributed by atoms with E-state index in [0.29, 0.717) is 37.7 Å². The summed E-state index contributed by atoms with van der Waals surface area (Å²) < 4.78 is 15.7. The molecular formula is C28H34ClFN4O3SSi. The fourth-order valence-electron chi connectivity index (χ4n) is 6.12. The number of fused-ring (bicyclic) bond motifs is 1. The summed E-state index contributed by atoms with van der Waals surface area (Å²) in [4.78, 5) is 22.7. The molecular weight excluding hydrogens is 555 g/mol. The minimum absolute atomic E-state index is 0.00276. The van der Waals surface area contributed by atoms with E-state index in [1.54, 1.807) is 6.20 Å². The van der Waals surface area contributed by atoms with Crippen molar-refractivity contribution in [1.82, 2.24) is 14.2 Å². The Balaban J connectivity index is 1.79. The maximum atomic E-state index is 13.3. The van der Waals surface area contributed by atoms with Gasteiger partial charge in [0.2, 0.25) is 0 Å². The van der Waals surface area contributed by atoms with Crippen LogP contribution in [0.5, 0.6) is 0 Å². The Hall–Kier alpha value is -2.79. The number of halogens is 2. The first-order valence-electron chi connectivity index (χ1n) is 12.9. The van der Waals surface area contributed by atoms with Crippen molar-refractivity contribution < 1.29 is 19.4 Å². The van der Waals surface area contributed by atoms with Crippen molar-refractivity contribution in [2.75, 3.05) is 4.90 Å². The minimum Gasteiger partial charge on any atom is -0.465 e. The van der Waals surface area contributed by atoms with Crippen molar-refractivity contribution in [3.05, 3.63) is 75.8 Å². The molecule has 2 N–H and O–H groups in total.